The minimum Gasteiger partial charge on any atom is -0.494 e. The van der Waals surface area contributed by atoms with Crippen LogP contribution in [0.4, 0.5) is 5.69 Å². The lowest BCUT2D eigenvalue weighted by Gasteiger charge is -2.28. The fourth-order valence-corrected chi connectivity index (χ4v) is 5.89. The van der Waals surface area contributed by atoms with E-state index in [1.807, 2.05) is 61.7 Å². The van der Waals surface area contributed by atoms with E-state index in [2.05, 4.69) is 56.3 Å². The summed E-state index contributed by atoms with van der Waals surface area (Å²) >= 11 is 7.56. The van der Waals surface area contributed by atoms with Gasteiger partial charge in [-0.15, -0.1) is 0 Å². The quantitative estimate of drug-likeness (QED) is 0.288. The molecule has 3 aromatic heterocycles. The highest BCUT2D eigenvalue weighted by Gasteiger charge is 2.42. The molecule has 6 nitrogen and oxygen atoms in total. The summed E-state index contributed by atoms with van der Waals surface area (Å²) in [5.41, 5.74) is 4.01. The van der Waals surface area contributed by atoms with Crippen LogP contribution < -0.4 is 15.0 Å². The van der Waals surface area contributed by atoms with Crippen molar-refractivity contribution in [2.24, 2.45) is 0 Å². The Morgan fingerprint density at radius 3 is 2.60 bits per heavy atom. The molecule has 0 amide bonds. The lowest BCUT2D eigenvalue weighted by Crippen LogP contribution is -2.30. The molecule has 8 heteroatoms. The second-order valence-corrected chi connectivity index (χ2v) is 9.59. The Morgan fingerprint density at radius 2 is 1.83 bits per heavy atom. The van der Waals surface area contributed by atoms with Gasteiger partial charge in [-0.2, -0.15) is 0 Å². The molecular formula is C27H23N5OS2. The van der Waals surface area contributed by atoms with E-state index in [1.54, 1.807) is 11.3 Å². The van der Waals surface area contributed by atoms with Gasteiger partial charge < -0.3 is 15.0 Å². The Hall–Kier alpha value is -3.75. The molecule has 1 aliphatic rings. The number of fused-ring (bicyclic) bond motifs is 1. The SMILES string of the molecule is CCOc1ccc(N2C(=S)N[C@H](c3ccccn3)[C@@H]2c2cccn2-c2nc3ccccc3s2)cc1. The Bertz CT molecular complexity index is 1450. The molecule has 1 fully saturated rings. The molecule has 2 atom stereocenters. The molecule has 174 valence electrons. The number of hydrogen-bond acceptors (Lipinski definition) is 5. The maximum atomic E-state index is 5.88. The molecule has 0 unspecified atom stereocenters. The number of anilines is 1. The number of benzene rings is 2. The Labute approximate surface area is 212 Å². The molecule has 5 aromatic rings. The number of ether oxygens (including phenoxy) is 1. The molecular weight excluding hydrogens is 474 g/mol. The second-order valence-electron chi connectivity index (χ2n) is 8.19. The topological polar surface area (TPSA) is 55.2 Å². The molecule has 0 saturated carbocycles. The minimum atomic E-state index is -0.127. The van der Waals surface area contributed by atoms with Gasteiger partial charge in [-0.05, 0) is 79.8 Å². The van der Waals surface area contributed by atoms with E-state index in [0.717, 1.165) is 38.2 Å². The van der Waals surface area contributed by atoms with Crippen LogP contribution >= 0.6 is 23.6 Å². The number of rotatable bonds is 6. The Kier molecular flexibility index (Phi) is 5.67. The van der Waals surface area contributed by atoms with E-state index < -0.39 is 0 Å². The molecule has 0 radical (unpaired) electrons. The summed E-state index contributed by atoms with van der Waals surface area (Å²) < 4.78 is 8.99. The largest absolute Gasteiger partial charge is 0.494 e. The maximum absolute atomic E-state index is 5.88. The number of thiazole rings is 1. The predicted molar refractivity (Wildman–Crippen MR) is 144 cm³/mol. The fourth-order valence-electron chi connectivity index (χ4n) is 4.58. The molecule has 0 bridgehead atoms. The monoisotopic (exact) mass is 497 g/mol. The standard InChI is InChI=1S/C27H23N5OS2/c1-2-33-19-14-12-18(13-15-19)32-25(24(30-26(32)34)21-9-5-6-16-28-21)22-10-7-17-31(22)27-29-20-8-3-4-11-23(20)35-27/h3-17,24-25H,2H2,1H3,(H,30,34)/t24-,25+/m1/s1. The first-order chi connectivity index (χ1) is 17.2. The number of thiocarbonyl (C=S) groups is 1. The lowest BCUT2D eigenvalue weighted by atomic mass is 10.0. The molecule has 2 aromatic carbocycles. The number of hydrogen-bond donors (Lipinski definition) is 1. The summed E-state index contributed by atoms with van der Waals surface area (Å²) in [7, 11) is 0. The van der Waals surface area contributed by atoms with Crippen molar-refractivity contribution in [3.63, 3.8) is 0 Å². The van der Waals surface area contributed by atoms with Gasteiger partial charge in [0.1, 0.15) is 11.8 Å². The summed E-state index contributed by atoms with van der Waals surface area (Å²) in [5.74, 6) is 0.838. The van der Waals surface area contributed by atoms with Crippen LogP contribution in [0.3, 0.4) is 0 Å². The van der Waals surface area contributed by atoms with Crippen LogP contribution in [0.25, 0.3) is 15.3 Å². The molecule has 1 aliphatic heterocycles. The number of nitrogens with one attached hydrogen (secondary N) is 1. The summed E-state index contributed by atoms with van der Waals surface area (Å²) in [6.45, 7) is 2.61. The van der Waals surface area contributed by atoms with Crippen LogP contribution in [0, 0.1) is 0 Å². The van der Waals surface area contributed by atoms with Crippen molar-refractivity contribution in [3.05, 3.63) is 103 Å². The third-order valence-electron chi connectivity index (χ3n) is 6.10. The van der Waals surface area contributed by atoms with Crippen LogP contribution in [0.1, 0.15) is 30.4 Å². The normalized spacial score (nSPS) is 17.6. The fraction of sp³-hybridized carbons (Fsp3) is 0.148. The predicted octanol–water partition coefficient (Wildman–Crippen LogP) is 6.06. The van der Waals surface area contributed by atoms with E-state index in [1.165, 1.54) is 0 Å². The molecule has 1 saturated heterocycles. The third-order valence-corrected chi connectivity index (χ3v) is 7.45. The number of pyridine rings is 1. The average molecular weight is 498 g/mol. The Balaban J connectivity index is 1.48. The van der Waals surface area contributed by atoms with Gasteiger partial charge in [0.05, 0.1) is 34.3 Å². The highest BCUT2D eigenvalue weighted by Crippen LogP contribution is 2.43. The summed E-state index contributed by atoms with van der Waals surface area (Å²) in [5, 5.41) is 5.12. The minimum absolute atomic E-state index is 0.127. The van der Waals surface area contributed by atoms with Gasteiger partial charge in [0, 0.05) is 18.1 Å². The van der Waals surface area contributed by atoms with Crippen LogP contribution in [-0.2, 0) is 0 Å². The van der Waals surface area contributed by atoms with Gasteiger partial charge in [0.15, 0.2) is 10.2 Å². The van der Waals surface area contributed by atoms with Crippen LogP contribution in [0.5, 0.6) is 5.75 Å². The second kappa shape index (κ2) is 9.13. The lowest BCUT2D eigenvalue weighted by molar-refractivity contribution is 0.340. The number of nitrogens with zero attached hydrogens (tertiary/aromatic N) is 4. The molecule has 0 aliphatic carbocycles. The number of aromatic nitrogens is 3. The van der Waals surface area contributed by atoms with E-state index in [4.69, 9.17) is 21.9 Å². The summed E-state index contributed by atoms with van der Waals surface area (Å²) in [6.07, 6.45) is 3.89. The molecule has 0 spiro atoms. The van der Waals surface area contributed by atoms with Crippen molar-refractivity contribution in [1.29, 1.82) is 0 Å². The molecule has 35 heavy (non-hydrogen) atoms. The Morgan fingerprint density at radius 1 is 1.00 bits per heavy atom. The maximum Gasteiger partial charge on any atom is 0.194 e. The van der Waals surface area contributed by atoms with Crippen molar-refractivity contribution in [1.82, 2.24) is 19.9 Å². The van der Waals surface area contributed by atoms with Crippen molar-refractivity contribution in [3.8, 4) is 10.9 Å². The molecule has 4 heterocycles. The van der Waals surface area contributed by atoms with Crippen molar-refractivity contribution in [2.45, 2.75) is 19.0 Å². The van der Waals surface area contributed by atoms with Crippen molar-refractivity contribution in [2.75, 3.05) is 11.5 Å². The van der Waals surface area contributed by atoms with Gasteiger partial charge in [-0.3, -0.25) is 9.55 Å². The molecule has 1 N–H and O–H groups in total. The highest BCUT2D eigenvalue weighted by molar-refractivity contribution is 7.80. The third kappa shape index (κ3) is 3.94. The summed E-state index contributed by atoms with van der Waals surface area (Å²) in [6, 6.07) is 26.2. The number of para-hydroxylation sites is 1. The van der Waals surface area contributed by atoms with Crippen LogP contribution in [0.15, 0.2) is 91.3 Å². The first kappa shape index (κ1) is 21.8. The van der Waals surface area contributed by atoms with E-state index >= 15 is 0 Å². The molecule has 6 rings (SSSR count). The van der Waals surface area contributed by atoms with E-state index in [0.29, 0.717) is 11.7 Å². The van der Waals surface area contributed by atoms with E-state index in [-0.39, 0.29) is 12.1 Å². The summed E-state index contributed by atoms with van der Waals surface area (Å²) in [4.78, 5) is 11.7. The van der Waals surface area contributed by atoms with Gasteiger partial charge in [-0.1, -0.05) is 29.5 Å². The van der Waals surface area contributed by atoms with Gasteiger partial charge in [-0.25, -0.2) is 4.98 Å². The van der Waals surface area contributed by atoms with E-state index in [9.17, 15) is 0 Å². The smallest absolute Gasteiger partial charge is 0.194 e. The van der Waals surface area contributed by atoms with Crippen LogP contribution in [-0.4, -0.2) is 26.3 Å². The highest BCUT2D eigenvalue weighted by atomic mass is 32.1. The van der Waals surface area contributed by atoms with Crippen LogP contribution in [0.2, 0.25) is 0 Å². The first-order valence-corrected chi connectivity index (χ1v) is 12.7. The average Bonchev–Trinajstić information content (AvgIpc) is 3.61. The zero-order chi connectivity index (χ0) is 23.8. The zero-order valence-corrected chi connectivity index (χ0v) is 20.7. The van der Waals surface area contributed by atoms with Gasteiger partial charge in [0.2, 0.25) is 0 Å². The van der Waals surface area contributed by atoms with Crippen molar-refractivity contribution >= 4 is 44.6 Å². The zero-order valence-electron chi connectivity index (χ0n) is 19.0. The van der Waals surface area contributed by atoms with Gasteiger partial charge >= 0.3 is 0 Å². The van der Waals surface area contributed by atoms with Gasteiger partial charge in [0.25, 0.3) is 0 Å². The first-order valence-electron chi connectivity index (χ1n) is 11.5. The van der Waals surface area contributed by atoms with Crippen molar-refractivity contribution < 1.29 is 4.74 Å².